The summed E-state index contributed by atoms with van der Waals surface area (Å²) in [5, 5.41) is 0. The van der Waals surface area contributed by atoms with Crippen molar-refractivity contribution in [2.24, 2.45) is 0 Å². The first-order chi connectivity index (χ1) is 15.1. The van der Waals surface area contributed by atoms with E-state index >= 15 is 0 Å². The Kier molecular flexibility index (Phi) is 4.95. The van der Waals surface area contributed by atoms with Crippen LogP contribution in [0.5, 0.6) is 0 Å². The van der Waals surface area contributed by atoms with Crippen molar-refractivity contribution in [3.63, 3.8) is 0 Å². The minimum atomic E-state index is -1.29. The van der Waals surface area contributed by atoms with Crippen molar-refractivity contribution in [1.82, 2.24) is 4.90 Å². The first-order valence-electron chi connectivity index (χ1n) is 10.6. The van der Waals surface area contributed by atoms with Gasteiger partial charge in [-0.2, -0.15) is 0 Å². The summed E-state index contributed by atoms with van der Waals surface area (Å²) in [6, 6.07) is 18.4. The normalized spacial score (nSPS) is 34.1. The molecule has 0 radical (unpaired) electrons. The average Bonchev–Trinajstić information content (AvgIpc) is 3.53. The zero-order chi connectivity index (χ0) is 21.6. The van der Waals surface area contributed by atoms with Crippen molar-refractivity contribution in [3.8, 4) is 0 Å². The van der Waals surface area contributed by atoms with E-state index in [-0.39, 0.29) is 0 Å². The zero-order valence-electron chi connectivity index (χ0n) is 17.5. The van der Waals surface area contributed by atoms with Crippen LogP contribution in [0.15, 0.2) is 60.7 Å². The molecule has 0 saturated carbocycles. The Morgan fingerprint density at radius 1 is 0.968 bits per heavy atom. The predicted molar refractivity (Wildman–Crippen MR) is 110 cm³/mol. The molecule has 0 N–H and O–H groups in total. The minimum Gasteiger partial charge on any atom is -0.439 e. The largest absolute Gasteiger partial charge is 0.439 e. The highest BCUT2D eigenvalue weighted by Gasteiger charge is 2.69. The molecule has 7 heteroatoms. The monoisotopic (exact) mass is 423 g/mol. The number of esters is 1. The fourth-order valence-electron chi connectivity index (χ4n) is 4.93. The maximum Gasteiger partial charge on any atom is 0.411 e. The second kappa shape index (κ2) is 7.66. The van der Waals surface area contributed by atoms with Gasteiger partial charge >= 0.3 is 12.1 Å². The van der Waals surface area contributed by atoms with Gasteiger partial charge in [-0.05, 0) is 17.5 Å². The van der Waals surface area contributed by atoms with Gasteiger partial charge in [-0.1, -0.05) is 67.6 Å². The van der Waals surface area contributed by atoms with Gasteiger partial charge in [0.1, 0.15) is 18.2 Å². The molecule has 1 amide bonds. The molecule has 3 fully saturated rings. The van der Waals surface area contributed by atoms with Crippen LogP contribution in [0.1, 0.15) is 43.0 Å². The van der Waals surface area contributed by atoms with Crippen molar-refractivity contribution in [2.45, 2.75) is 55.9 Å². The number of epoxide rings is 1. The summed E-state index contributed by atoms with van der Waals surface area (Å²) in [4.78, 5) is 27.4. The number of hydrogen-bond acceptors (Lipinski definition) is 6. The van der Waals surface area contributed by atoms with E-state index in [2.05, 4.69) is 0 Å². The third kappa shape index (κ3) is 3.20. The molecule has 3 aliphatic rings. The number of carbonyl (C=O) groups excluding carboxylic acids is 2. The van der Waals surface area contributed by atoms with Crippen molar-refractivity contribution >= 4 is 12.1 Å². The Hall–Kier alpha value is -2.90. The molecule has 0 bridgehead atoms. The van der Waals surface area contributed by atoms with E-state index in [1.807, 2.05) is 67.6 Å². The molecule has 3 aliphatic heterocycles. The number of ether oxygens (including phenoxy) is 4. The summed E-state index contributed by atoms with van der Waals surface area (Å²) in [6.45, 7) is 1.98. The molecule has 3 saturated heterocycles. The van der Waals surface area contributed by atoms with Crippen LogP contribution in [0.2, 0.25) is 0 Å². The van der Waals surface area contributed by atoms with E-state index in [1.54, 1.807) is 4.90 Å². The van der Waals surface area contributed by atoms with Crippen molar-refractivity contribution in [2.75, 3.05) is 7.11 Å². The van der Waals surface area contributed by atoms with Crippen LogP contribution in [0.25, 0.3) is 0 Å². The van der Waals surface area contributed by atoms with Crippen LogP contribution in [0, 0.1) is 0 Å². The minimum absolute atomic E-state index is 0.422. The Balaban J connectivity index is 1.62. The lowest BCUT2D eigenvalue weighted by molar-refractivity contribution is -0.256. The summed E-state index contributed by atoms with van der Waals surface area (Å²) < 4.78 is 23.2. The summed E-state index contributed by atoms with van der Waals surface area (Å²) in [7, 11) is 1.51. The lowest BCUT2D eigenvalue weighted by Crippen LogP contribution is -2.63. The van der Waals surface area contributed by atoms with E-state index in [0.717, 1.165) is 11.1 Å². The number of hydrogen-bond donors (Lipinski definition) is 0. The van der Waals surface area contributed by atoms with E-state index < -0.39 is 48.2 Å². The molecule has 2 aromatic rings. The van der Waals surface area contributed by atoms with Gasteiger partial charge < -0.3 is 18.9 Å². The van der Waals surface area contributed by atoms with Crippen molar-refractivity contribution < 1.29 is 28.5 Å². The van der Waals surface area contributed by atoms with E-state index in [4.69, 9.17) is 18.9 Å². The van der Waals surface area contributed by atoms with Crippen LogP contribution < -0.4 is 0 Å². The van der Waals surface area contributed by atoms with Crippen LogP contribution in [-0.4, -0.2) is 48.1 Å². The predicted octanol–water partition coefficient (Wildman–Crippen LogP) is 3.76. The topological polar surface area (TPSA) is 77.6 Å². The van der Waals surface area contributed by atoms with Gasteiger partial charge in [0, 0.05) is 13.5 Å². The number of amides is 1. The molecule has 0 spiro atoms. The zero-order valence-corrected chi connectivity index (χ0v) is 17.5. The molecule has 0 aliphatic carbocycles. The van der Waals surface area contributed by atoms with Gasteiger partial charge in [0.15, 0.2) is 12.2 Å². The molecule has 7 nitrogen and oxygen atoms in total. The lowest BCUT2D eigenvalue weighted by atomic mass is 9.88. The first kappa shape index (κ1) is 20.0. The maximum atomic E-state index is 13.3. The van der Waals surface area contributed by atoms with Gasteiger partial charge in [-0.15, -0.1) is 0 Å². The lowest BCUT2D eigenvalue weighted by Gasteiger charge is -2.45. The number of nitrogens with zero attached hydrogens (tertiary/aromatic N) is 1. The number of benzene rings is 2. The maximum absolute atomic E-state index is 13.3. The average molecular weight is 423 g/mol. The molecule has 0 aromatic heterocycles. The van der Waals surface area contributed by atoms with E-state index in [9.17, 15) is 9.59 Å². The SMILES string of the molecule is CCC[C@@]1(OC)OC(=O)[C@@H]2O[C@@H]2[C@H]1N1C(=O)O[C@@H](c2ccccc2)[C@H]1c1ccccc1. The van der Waals surface area contributed by atoms with Crippen molar-refractivity contribution in [1.29, 1.82) is 0 Å². The Morgan fingerprint density at radius 2 is 1.61 bits per heavy atom. The Bertz CT molecular complexity index is 967. The van der Waals surface area contributed by atoms with Crippen LogP contribution >= 0.6 is 0 Å². The second-order valence-corrected chi connectivity index (χ2v) is 8.13. The molecule has 31 heavy (non-hydrogen) atoms. The molecular formula is C24H25NO6. The standard InChI is InChI=1S/C24H25NO6/c1-3-14-24(28-2)21(19-20(29-19)22(26)31-24)25-17(15-10-6-4-7-11-15)18(30-23(25)27)16-12-8-5-9-13-16/h4-13,17-21H,3,14H2,1-2H3/t17-,18+,19+,20-,21-,24-/m1/s1. The molecule has 3 heterocycles. The van der Waals surface area contributed by atoms with E-state index in [1.165, 1.54) is 7.11 Å². The molecule has 5 rings (SSSR count). The smallest absolute Gasteiger partial charge is 0.411 e. The molecule has 6 atom stereocenters. The number of cyclic esters (lactones) is 2. The third-order valence-corrected chi connectivity index (χ3v) is 6.33. The van der Waals surface area contributed by atoms with Crippen molar-refractivity contribution in [3.05, 3.63) is 71.8 Å². The van der Waals surface area contributed by atoms with Gasteiger partial charge in [0.05, 0.1) is 0 Å². The fourth-order valence-corrected chi connectivity index (χ4v) is 4.93. The quantitative estimate of drug-likeness (QED) is 0.520. The summed E-state index contributed by atoms with van der Waals surface area (Å²) in [6.07, 6.45) is -1.00. The summed E-state index contributed by atoms with van der Waals surface area (Å²) in [5.41, 5.74) is 1.82. The molecule has 162 valence electrons. The van der Waals surface area contributed by atoms with Gasteiger partial charge in [-0.25, -0.2) is 9.59 Å². The second-order valence-electron chi connectivity index (χ2n) is 8.13. The Morgan fingerprint density at radius 3 is 2.23 bits per heavy atom. The third-order valence-electron chi connectivity index (χ3n) is 6.33. The molecule has 2 aromatic carbocycles. The highest BCUT2D eigenvalue weighted by atomic mass is 16.7. The highest BCUT2D eigenvalue weighted by molar-refractivity contribution is 5.81. The number of fused-ring (bicyclic) bond motifs is 1. The molecule has 0 unspecified atom stereocenters. The number of rotatable bonds is 6. The van der Waals surface area contributed by atoms with Gasteiger partial charge in [-0.3, -0.25) is 4.90 Å². The van der Waals surface area contributed by atoms with Gasteiger partial charge in [0.2, 0.25) is 5.79 Å². The summed E-state index contributed by atoms with van der Waals surface area (Å²) >= 11 is 0. The summed E-state index contributed by atoms with van der Waals surface area (Å²) in [5.74, 6) is -1.74. The number of methoxy groups -OCH3 is 1. The molecular weight excluding hydrogens is 398 g/mol. The fraction of sp³-hybridized carbons (Fsp3) is 0.417. The van der Waals surface area contributed by atoms with Crippen LogP contribution in [0.4, 0.5) is 4.79 Å². The Labute approximate surface area is 180 Å². The van der Waals surface area contributed by atoms with Crippen LogP contribution in [-0.2, 0) is 23.7 Å². The van der Waals surface area contributed by atoms with E-state index in [0.29, 0.717) is 12.8 Å². The highest BCUT2D eigenvalue weighted by Crippen LogP contribution is 2.52. The van der Waals surface area contributed by atoms with Gasteiger partial charge in [0.25, 0.3) is 0 Å². The number of carbonyl (C=O) groups is 2. The van der Waals surface area contributed by atoms with Crippen LogP contribution in [0.3, 0.4) is 0 Å². The first-order valence-corrected chi connectivity index (χ1v) is 10.6.